The minimum atomic E-state index is -0.971. The summed E-state index contributed by atoms with van der Waals surface area (Å²) in [5.74, 6) is 0.390. The van der Waals surface area contributed by atoms with Crippen LogP contribution in [0.5, 0.6) is 0 Å². The first-order chi connectivity index (χ1) is 11.4. The van der Waals surface area contributed by atoms with Crippen LogP contribution in [0, 0.1) is 0 Å². The third-order valence-electron chi connectivity index (χ3n) is 4.58. The van der Waals surface area contributed by atoms with Crippen LogP contribution in [-0.2, 0) is 16.0 Å². The lowest BCUT2D eigenvalue weighted by atomic mass is 10.00. The van der Waals surface area contributed by atoms with Gasteiger partial charge in [-0.05, 0) is 30.4 Å². The Morgan fingerprint density at radius 1 is 1.00 bits per heavy atom. The van der Waals surface area contributed by atoms with Crippen molar-refractivity contribution in [3.63, 3.8) is 0 Å². The van der Waals surface area contributed by atoms with E-state index in [-0.39, 0.29) is 11.8 Å². The third kappa shape index (κ3) is 4.81. The number of carbonyl (C=O) groups is 2. The Morgan fingerprint density at radius 3 is 2.04 bits per heavy atom. The Labute approximate surface area is 144 Å². The van der Waals surface area contributed by atoms with Crippen molar-refractivity contribution >= 4 is 11.8 Å². The first kappa shape index (κ1) is 18.5. The fraction of sp³-hybridized carbons (Fsp3) is 0.579. The Bertz CT molecular complexity index is 558. The summed E-state index contributed by atoms with van der Waals surface area (Å²) in [5, 5.41) is 9.34. The zero-order chi connectivity index (χ0) is 17.7. The highest BCUT2D eigenvalue weighted by Gasteiger charge is 2.25. The highest BCUT2D eigenvalue weighted by molar-refractivity contribution is 5.81. The Kier molecular flexibility index (Phi) is 6.37. The molecule has 0 spiro atoms. The molecule has 0 saturated carbocycles. The maximum atomic E-state index is 12.3. The molecule has 0 aromatic heterocycles. The van der Waals surface area contributed by atoms with Crippen molar-refractivity contribution in [2.24, 2.45) is 0 Å². The van der Waals surface area contributed by atoms with Crippen LogP contribution in [0.25, 0.3) is 0 Å². The molecule has 1 saturated heterocycles. The zero-order valence-corrected chi connectivity index (χ0v) is 14.9. The summed E-state index contributed by atoms with van der Waals surface area (Å²) >= 11 is 0. The molecule has 5 nitrogen and oxygen atoms in total. The maximum absolute atomic E-state index is 12.3. The lowest BCUT2D eigenvalue weighted by Crippen LogP contribution is -2.52. The van der Waals surface area contributed by atoms with Gasteiger partial charge in [-0.15, -0.1) is 0 Å². The number of nitrogens with zero attached hydrogens (tertiary/aromatic N) is 2. The standard InChI is InChI=1S/C19H28N2O3/c1-14(2)17-7-4-16(5-8-17)6-9-18(23)20-10-12-21(13-11-20)19(24)15(3)22/h4-5,7-8,14-15,22H,6,9-13H2,1-3H3. The number of carbonyl (C=O) groups excluding carboxylic acids is 2. The summed E-state index contributed by atoms with van der Waals surface area (Å²) in [5.41, 5.74) is 2.49. The van der Waals surface area contributed by atoms with Gasteiger partial charge in [-0.2, -0.15) is 0 Å². The molecule has 1 aromatic rings. The van der Waals surface area contributed by atoms with Gasteiger partial charge in [-0.1, -0.05) is 38.1 Å². The van der Waals surface area contributed by atoms with Gasteiger partial charge in [-0.3, -0.25) is 9.59 Å². The minimum Gasteiger partial charge on any atom is -0.384 e. The molecular weight excluding hydrogens is 304 g/mol. The molecule has 0 radical (unpaired) electrons. The molecule has 2 amide bonds. The lowest BCUT2D eigenvalue weighted by Gasteiger charge is -2.35. The van der Waals surface area contributed by atoms with Gasteiger partial charge in [0.1, 0.15) is 6.10 Å². The van der Waals surface area contributed by atoms with Crippen molar-refractivity contribution < 1.29 is 14.7 Å². The molecule has 5 heteroatoms. The molecule has 24 heavy (non-hydrogen) atoms. The van der Waals surface area contributed by atoms with Crippen molar-refractivity contribution in [1.29, 1.82) is 0 Å². The molecule has 0 bridgehead atoms. The SMILES string of the molecule is CC(O)C(=O)N1CCN(C(=O)CCc2ccc(C(C)C)cc2)CC1. The van der Waals surface area contributed by atoms with Crippen LogP contribution in [-0.4, -0.2) is 59.0 Å². The summed E-state index contributed by atoms with van der Waals surface area (Å²) in [6, 6.07) is 8.46. The number of benzene rings is 1. The molecule has 1 aliphatic rings. The fourth-order valence-electron chi connectivity index (χ4n) is 2.92. The van der Waals surface area contributed by atoms with Crippen molar-refractivity contribution in [2.75, 3.05) is 26.2 Å². The van der Waals surface area contributed by atoms with Gasteiger partial charge in [0.2, 0.25) is 5.91 Å². The van der Waals surface area contributed by atoms with Crippen molar-refractivity contribution in [3.05, 3.63) is 35.4 Å². The predicted molar refractivity (Wildman–Crippen MR) is 93.7 cm³/mol. The number of hydrogen-bond donors (Lipinski definition) is 1. The van der Waals surface area contributed by atoms with Crippen molar-refractivity contribution in [3.8, 4) is 0 Å². The van der Waals surface area contributed by atoms with Crippen molar-refractivity contribution in [2.45, 2.75) is 45.6 Å². The fourth-order valence-corrected chi connectivity index (χ4v) is 2.92. The average molecular weight is 332 g/mol. The molecular formula is C19H28N2O3. The van der Waals surface area contributed by atoms with E-state index in [4.69, 9.17) is 0 Å². The van der Waals surface area contributed by atoms with Crippen LogP contribution in [0.1, 0.15) is 44.2 Å². The second-order valence-corrected chi connectivity index (χ2v) is 6.78. The smallest absolute Gasteiger partial charge is 0.251 e. The molecule has 0 aliphatic carbocycles. The average Bonchev–Trinajstić information content (AvgIpc) is 2.59. The van der Waals surface area contributed by atoms with Crippen LogP contribution < -0.4 is 0 Å². The number of aliphatic hydroxyl groups excluding tert-OH is 1. The molecule has 1 fully saturated rings. The van der Waals surface area contributed by atoms with Crippen molar-refractivity contribution in [1.82, 2.24) is 9.80 Å². The maximum Gasteiger partial charge on any atom is 0.251 e. The van der Waals surface area contributed by atoms with E-state index in [1.54, 1.807) is 4.90 Å². The number of amides is 2. The lowest BCUT2D eigenvalue weighted by molar-refractivity contribution is -0.144. The normalized spacial score (nSPS) is 16.4. The molecule has 1 aromatic carbocycles. The van der Waals surface area contributed by atoms with Gasteiger partial charge >= 0.3 is 0 Å². The molecule has 1 aliphatic heterocycles. The van der Waals surface area contributed by atoms with Gasteiger partial charge in [0.15, 0.2) is 0 Å². The Morgan fingerprint density at radius 2 is 1.54 bits per heavy atom. The molecule has 132 valence electrons. The topological polar surface area (TPSA) is 60.9 Å². The number of hydrogen-bond acceptors (Lipinski definition) is 3. The van der Waals surface area contributed by atoms with E-state index >= 15 is 0 Å². The van der Waals surface area contributed by atoms with Crippen LogP contribution in [0.3, 0.4) is 0 Å². The number of piperazine rings is 1. The molecule has 1 heterocycles. The predicted octanol–water partition coefficient (Wildman–Crippen LogP) is 1.79. The van der Waals surface area contributed by atoms with Gasteiger partial charge in [0, 0.05) is 32.6 Å². The summed E-state index contributed by atoms with van der Waals surface area (Å²) in [6.45, 7) is 7.90. The zero-order valence-electron chi connectivity index (χ0n) is 14.9. The van der Waals surface area contributed by atoms with E-state index in [0.717, 1.165) is 6.42 Å². The minimum absolute atomic E-state index is 0.132. The van der Waals surface area contributed by atoms with E-state index in [9.17, 15) is 14.7 Å². The van der Waals surface area contributed by atoms with Gasteiger partial charge in [-0.25, -0.2) is 0 Å². The van der Waals surface area contributed by atoms with Crippen LogP contribution in [0.4, 0.5) is 0 Å². The number of aryl methyl sites for hydroxylation is 1. The quantitative estimate of drug-likeness (QED) is 0.894. The highest BCUT2D eigenvalue weighted by Crippen LogP contribution is 2.16. The third-order valence-corrected chi connectivity index (χ3v) is 4.58. The van der Waals surface area contributed by atoms with Gasteiger partial charge in [0.25, 0.3) is 5.91 Å². The summed E-state index contributed by atoms with van der Waals surface area (Å²) in [7, 11) is 0. The molecule has 1 unspecified atom stereocenters. The Balaban J connectivity index is 1.78. The number of rotatable bonds is 5. The largest absolute Gasteiger partial charge is 0.384 e. The number of aliphatic hydroxyl groups is 1. The first-order valence-corrected chi connectivity index (χ1v) is 8.72. The summed E-state index contributed by atoms with van der Waals surface area (Å²) in [6.07, 6.45) is 0.260. The monoisotopic (exact) mass is 332 g/mol. The van der Waals surface area contributed by atoms with Gasteiger partial charge in [0.05, 0.1) is 0 Å². The Hall–Kier alpha value is -1.88. The summed E-state index contributed by atoms with van der Waals surface area (Å²) in [4.78, 5) is 27.5. The van der Waals surface area contributed by atoms with E-state index in [1.165, 1.54) is 18.1 Å². The van der Waals surface area contributed by atoms with E-state index in [1.807, 2.05) is 4.90 Å². The van der Waals surface area contributed by atoms with Gasteiger partial charge < -0.3 is 14.9 Å². The van der Waals surface area contributed by atoms with Crippen LogP contribution in [0.2, 0.25) is 0 Å². The second-order valence-electron chi connectivity index (χ2n) is 6.78. The first-order valence-electron chi connectivity index (χ1n) is 8.72. The molecule has 1 atom stereocenters. The summed E-state index contributed by atoms with van der Waals surface area (Å²) < 4.78 is 0. The van der Waals surface area contributed by atoms with Crippen LogP contribution in [0.15, 0.2) is 24.3 Å². The van der Waals surface area contributed by atoms with E-state index < -0.39 is 6.10 Å². The van der Waals surface area contributed by atoms with E-state index in [2.05, 4.69) is 38.1 Å². The second kappa shape index (κ2) is 8.29. The molecule has 2 rings (SSSR count). The highest BCUT2D eigenvalue weighted by atomic mass is 16.3. The van der Waals surface area contributed by atoms with Crippen LogP contribution >= 0.6 is 0 Å². The molecule has 1 N–H and O–H groups in total. The van der Waals surface area contributed by atoms with E-state index in [0.29, 0.717) is 38.5 Å².